The lowest BCUT2D eigenvalue weighted by atomic mass is 10.0. The number of anilines is 1. The van der Waals surface area contributed by atoms with E-state index in [9.17, 15) is 18.0 Å². The van der Waals surface area contributed by atoms with Gasteiger partial charge < -0.3 is 14.7 Å². The summed E-state index contributed by atoms with van der Waals surface area (Å²) in [6.07, 6.45) is 5.63. The van der Waals surface area contributed by atoms with Gasteiger partial charge in [-0.1, -0.05) is 12.1 Å². The van der Waals surface area contributed by atoms with Crippen LogP contribution in [-0.2, 0) is 22.6 Å². The van der Waals surface area contributed by atoms with E-state index in [0.717, 1.165) is 31.2 Å². The van der Waals surface area contributed by atoms with Gasteiger partial charge in [-0.15, -0.1) is 0 Å². The van der Waals surface area contributed by atoms with E-state index < -0.39 is 17.6 Å². The monoisotopic (exact) mass is 511 g/mol. The highest BCUT2D eigenvalue weighted by Gasteiger charge is 2.46. The number of aryl methyl sites for hydroxylation is 1. The molecular formula is C28H28F3N3O3. The van der Waals surface area contributed by atoms with Crippen molar-refractivity contribution in [1.82, 2.24) is 9.78 Å². The van der Waals surface area contributed by atoms with Crippen LogP contribution in [-0.4, -0.2) is 39.5 Å². The summed E-state index contributed by atoms with van der Waals surface area (Å²) < 4.78 is 51.7. The number of carboxylic acids is 1. The van der Waals surface area contributed by atoms with Crippen molar-refractivity contribution < 1.29 is 27.8 Å². The van der Waals surface area contributed by atoms with E-state index >= 15 is 0 Å². The minimum Gasteiger partial charge on any atom is -0.481 e. The number of hydrogen-bond acceptors (Lipinski definition) is 4. The van der Waals surface area contributed by atoms with Crippen LogP contribution >= 0.6 is 0 Å². The normalized spacial score (nSPS) is 22.7. The fourth-order valence-electron chi connectivity index (χ4n) is 5.93. The number of ether oxygens (including phenoxy) is 1. The predicted octanol–water partition coefficient (Wildman–Crippen LogP) is 5.37. The van der Waals surface area contributed by atoms with Gasteiger partial charge in [0.15, 0.2) is 11.6 Å². The first-order valence-electron chi connectivity index (χ1n) is 12.8. The number of halogens is 3. The highest BCUT2D eigenvalue weighted by molar-refractivity contribution is 5.67. The number of carboxylic acid groups (broad SMARTS) is 1. The third-order valence-corrected chi connectivity index (χ3v) is 7.93. The fourth-order valence-corrected chi connectivity index (χ4v) is 5.93. The SMILES string of the molecule is O=C(O)CCc1ccc(N2C[C@@H]3C[C@H]2C[C@@H]3OCc2c(C3CC3)cnn2-c2c(F)cccc2F)c(F)c1. The molecule has 2 bridgehead atoms. The maximum absolute atomic E-state index is 14.9. The van der Waals surface area contributed by atoms with Crippen LogP contribution in [0.2, 0.25) is 0 Å². The molecule has 9 heteroatoms. The molecule has 37 heavy (non-hydrogen) atoms. The lowest BCUT2D eigenvalue weighted by molar-refractivity contribution is -0.136. The first kappa shape index (κ1) is 24.0. The summed E-state index contributed by atoms with van der Waals surface area (Å²) in [5.74, 6) is -2.01. The molecule has 1 N–H and O–H groups in total. The second kappa shape index (κ2) is 9.52. The minimum atomic E-state index is -0.904. The number of benzene rings is 2. The summed E-state index contributed by atoms with van der Waals surface area (Å²) in [6, 6.07) is 8.90. The molecule has 3 aromatic rings. The Labute approximate surface area is 212 Å². The summed E-state index contributed by atoms with van der Waals surface area (Å²) >= 11 is 0. The standard InChI is InChI=1S/C28H28F3N3O3/c29-21-2-1-3-22(30)28(21)34-25(20(13-32-34)17-6-7-17)15-37-26-12-19-11-18(26)14-33(19)24-8-4-16(10-23(24)31)5-9-27(35)36/h1-4,8,10,13,17-19,26H,5-7,9,11-12,14-15H2,(H,35,36)/t18-,19-,26-/m0/s1. The maximum atomic E-state index is 14.9. The van der Waals surface area contributed by atoms with Crippen molar-refractivity contribution in [2.24, 2.45) is 5.92 Å². The minimum absolute atomic E-state index is 0.0278. The molecular weight excluding hydrogens is 483 g/mol. The Morgan fingerprint density at radius 2 is 1.86 bits per heavy atom. The van der Waals surface area contributed by atoms with Crippen LogP contribution in [0.5, 0.6) is 0 Å². The fraction of sp³-hybridized carbons (Fsp3) is 0.429. The molecule has 2 heterocycles. The molecule has 6 rings (SSSR count). The molecule has 194 valence electrons. The third kappa shape index (κ3) is 4.61. The van der Waals surface area contributed by atoms with Gasteiger partial charge >= 0.3 is 5.97 Å². The van der Waals surface area contributed by atoms with Gasteiger partial charge in [0.05, 0.1) is 30.3 Å². The van der Waals surface area contributed by atoms with Crippen LogP contribution < -0.4 is 4.90 Å². The largest absolute Gasteiger partial charge is 0.481 e. The number of aromatic nitrogens is 2. The van der Waals surface area contributed by atoms with Crippen LogP contribution in [0.25, 0.3) is 5.69 Å². The second-order valence-corrected chi connectivity index (χ2v) is 10.4. The number of rotatable bonds is 9. The summed E-state index contributed by atoms with van der Waals surface area (Å²) in [4.78, 5) is 12.9. The van der Waals surface area contributed by atoms with Gasteiger partial charge in [-0.3, -0.25) is 4.79 Å². The lowest BCUT2D eigenvalue weighted by Crippen LogP contribution is -2.39. The van der Waals surface area contributed by atoms with Gasteiger partial charge in [0.25, 0.3) is 0 Å². The molecule has 3 atom stereocenters. The Kier molecular flexibility index (Phi) is 6.18. The first-order chi connectivity index (χ1) is 17.9. The molecule has 2 saturated carbocycles. The van der Waals surface area contributed by atoms with Crippen molar-refractivity contribution in [3.63, 3.8) is 0 Å². The molecule has 3 aliphatic rings. The molecule has 1 saturated heterocycles. The molecule has 2 aliphatic carbocycles. The second-order valence-electron chi connectivity index (χ2n) is 10.4. The summed E-state index contributed by atoms with van der Waals surface area (Å²) in [5, 5.41) is 13.2. The number of piperidine rings is 1. The molecule has 1 aliphatic heterocycles. The van der Waals surface area contributed by atoms with Gasteiger partial charge in [-0.2, -0.15) is 5.10 Å². The maximum Gasteiger partial charge on any atom is 0.303 e. The molecule has 3 fully saturated rings. The van der Waals surface area contributed by atoms with E-state index in [0.29, 0.717) is 35.8 Å². The van der Waals surface area contributed by atoms with E-state index in [1.165, 1.54) is 28.9 Å². The van der Waals surface area contributed by atoms with Crippen molar-refractivity contribution in [3.05, 3.63) is 76.9 Å². The van der Waals surface area contributed by atoms with E-state index in [1.54, 1.807) is 18.3 Å². The zero-order valence-electron chi connectivity index (χ0n) is 20.2. The topological polar surface area (TPSA) is 67.6 Å². The number of aliphatic carboxylic acids is 1. The first-order valence-corrected chi connectivity index (χ1v) is 12.8. The van der Waals surface area contributed by atoms with Crippen molar-refractivity contribution in [1.29, 1.82) is 0 Å². The number of nitrogens with zero attached hydrogens (tertiary/aromatic N) is 3. The van der Waals surface area contributed by atoms with Gasteiger partial charge in [0.1, 0.15) is 11.5 Å². The Bertz CT molecular complexity index is 1320. The number of hydrogen-bond donors (Lipinski definition) is 1. The molecule has 0 amide bonds. The van der Waals surface area contributed by atoms with Crippen molar-refractivity contribution in [3.8, 4) is 5.69 Å². The highest BCUT2D eigenvalue weighted by atomic mass is 19.1. The van der Waals surface area contributed by atoms with Crippen LogP contribution in [0.3, 0.4) is 0 Å². The Hall–Kier alpha value is -3.33. The van der Waals surface area contributed by atoms with E-state index in [2.05, 4.69) is 10.00 Å². The zero-order chi connectivity index (χ0) is 25.7. The molecule has 6 nitrogen and oxygen atoms in total. The van der Waals surface area contributed by atoms with E-state index in [-0.39, 0.29) is 42.6 Å². The Morgan fingerprint density at radius 3 is 2.51 bits per heavy atom. The molecule has 0 unspecified atom stereocenters. The van der Waals surface area contributed by atoms with Crippen LogP contribution in [0, 0.1) is 23.4 Å². The quantitative estimate of drug-likeness (QED) is 0.419. The summed E-state index contributed by atoms with van der Waals surface area (Å²) in [7, 11) is 0. The molecule has 0 spiro atoms. The molecule has 1 aromatic heterocycles. The summed E-state index contributed by atoms with van der Waals surface area (Å²) in [6.45, 7) is 0.873. The Balaban J connectivity index is 1.15. The van der Waals surface area contributed by atoms with Crippen molar-refractivity contribution in [2.45, 2.75) is 63.2 Å². The predicted molar refractivity (Wildman–Crippen MR) is 130 cm³/mol. The van der Waals surface area contributed by atoms with Crippen LogP contribution in [0.15, 0.2) is 42.6 Å². The third-order valence-electron chi connectivity index (χ3n) is 7.93. The Morgan fingerprint density at radius 1 is 1.08 bits per heavy atom. The zero-order valence-corrected chi connectivity index (χ0v) is 20.2. The molecule has 2 aromatic carbocycles. The van der Waals surface area contributed by atoms with Crippen LogP contribution in [0.1, 0.15) is 54.8 Å². The van der Waals surface area contributed by atoms with Gasteiger partial charge in [-0.05, 0) is 73.4 Å². The van der Waals surface area contributed by atoms with Crippen molar-refractivity contribution >= 4 is 11.7 Å². The average molecular weight is 512 g/mol. The summed E-state index contributed by atoms with van der Waals surface area (Å²) in [5.41, 5.74) is 2.69. The van der Waals surface area contributed by atoms with Crippen LogP contribution in [0.4, 0.5) is 18.9 Å². The lowest BCUT2D eigenvalue weighted by Gasteiger charge is -2.33. The number of fused-ring (bicyclic) bond motifs is 2. The smallest absolute Gasteiger partial charge is 0.303 e. The van der Waals surface area contributed by atoms with Gasteiger partial charge in [-0.25, -0.2) is 17.9 Å². The van der Waals surface area contributed by atoms with Crippen molar-refractivity contribution in [2.75, 3.05) is 11.4 Å². The average Bonchev–Trinajstić information content (AvgIpc) is 3.32. The van der Waals surface area contributed by atoms with E-state index in [4.69, 9.17) is 9.84 Å². The van der Waals surface area contributed by atoms with E-state index in [1.807, 2.05) is 0 Å². The van der Waals surface area contributed by atoms with Gasteiger partial charge in [0, 0.05) is 24.9 Å². The molecule has 0 radical (unpaired) electrons. The highest BCUT2D eigenvalue weighted by Crippen LogP contribution is 2.45. The number of carbonyl (C=O) groups is 1. The van der Waals surface area contributed by atoms with Gasteiger partial charge in [0.2, 0.25) is 0 Å². The number of para-hydroxylation sites is 1.